The largest absolute Gasteiger partial charge is 0.391 e. The molecule has 106 valence electrons. The maximum absolute atomic E-state index is 10.1. The SMILES string of the molecule is CCNc1ncc(Br)c(N(C)C2CCCCC2O)n1. The lowest BCUT2D eigenvalue weighted by Crippen LogP contribution is -2.44. The highest BCUT2D eigenvalue weighted by Gasteiger charge is 2.28. The average Bonchev–Trinajstić information content (AvgIpc) is 2.41. The van der Waals surface area contributed by atoms with E-state index >= 15 is 0 Å². The molecule has 2 atom stereocenters. The number of rotatable bonds is 4. The van der Waals surface area contributed by atoms with E-state index in [0.717, 1.165) is 42.5 Å². The lowest BCUT2D eigenvalue weighted by atomic mass is 9.91. The van der Waals surface area contributed by atoms with E-state index in [2.05, 4.69) is 36.1 Å². The van der Waals surface area contributed by atoms with E-state index in [1.165, 1.54) is 0 Å². The summed E-state index contributed by atoms with van der Waals surface area (Å²) in [6.45, 7) is 2.80. The number of anilines is 2. The third kappa shape index (κ3) is 3.36. The monoisotopic (exact) mass is 328 g/mol. The first-order chi connectivity index (χ1) is 9.13. The number of halogens is 1. The first-order valence-corrected chi connectivity index (χ1v) is 7.60. The summed E-state index contributed by atoms with van der Waals surface area (Å²) in [5.41, 5.74) is 0. The highest BCUT2D eigenvalue weighted by atomic mass is 79.9. The highest BCUT2D eigenvalue weighted by Crippen LogP contribution is 2.30. The Morgan fingerprint density at radius 1 is 1.47 bits per heavy atom. The maximum Gasteiger partial charge on any atom is 0.224 e. The van der Waals surface area contributed by atoms with Gasteiger partial charge in [0.05, 0.1) is 16.6 Å². The van der Waals surface area contributed by atoms with E-state index < -0.39 is 0 Å². The molecule has 19 heavy (non-hydrogen) atoms. The predicted molar refractivity (Wildman–Crippen MR) is 80.6 cm³/mol. The Labute approximate surface area is 122 Å². The number of aliphatic hydroxyl groups excluding tert-OH is 1. The van der Waals surface area contributed by atoms with Crippen molar-refractivity contribution in [3.8, 4) is 0 Å². The quantitative estimate of drug-likeness (QED) is 0.888. The molecule has 0 bridgehead atoms. The van der Waals surface area contributed by atoms with Crippen molar-refractivity contribution >= 4 is 27.7 Å². The van der Waals surface area contributed by atoms with Gasteiger partial charge >= 0.3 is 0 Å². The van der Waals surface area contributed by atoms with Gasteiger partial charge in [0, 0.05) is 19.8 Å². The van der Waals surface area contributed by atoms with Gasteiger partial charge in [0.25, 0.3) is 0 Å². The van der Waals surface area contributed by atoms with Crippen molar-refractivity contribution in [1.82, 2.24) is 9.97 Å². The number of aliphatic hydroxyl groups is 1. The Kier molecular flexibility index (Phi) is 4.99. The molecule has 0 saturated heterocycles. The first kappa shape index (κ1) is 14.5. The summed E-state index contributed by atoms with van der Waals surface area (Å²) in [6.07, 6.45) is 5.63. The summed E-state index contributed by atoms with van der Waals surface area (Å²) in [5, 5.41) is 13.3. The molecule has 0 spiro atoms. The molecule has 0 amide bonds. The van der Waals surface area contributed by atoms with Gasteiger partial charge < -0.3 is 15.3 Å². The number of nitrogens with one attached hydrogen (secondary N) is 1. The van der Waals surface area contributed by atoms with Crippen molar-refractivity contribution in [3.05, 3.63) is 10.7 Å². The Balaban J connectivity index is 2.21. The van der Waals surface area contributed by atoms with Crippen LogP contribution < -0.4 is 10.2 Å². The lowest BCUT2D eigenvalue weighted by Gasteiger charge is -2.36. The summed E-state index contributed by atoms with van der Waals surface area (Å²) in [5.74, 6) is 1.45. The molecule has 2 N–H and O–H groups in total. The molecule has 1 aromatic heterocycles. The highest BCUT2D eigenvalue weighted by molar-refractivity contribution is 9.10. The van der Waals surface area contributed by atoms with Crippen LogP contribution in [0.25, 0.3) is 0 Å². The van der Waals surface area contributed by atoms with Crippen LogP contribution in [0.1, 0.15) is 32.6 Å². The normalized spacial score (nSPS) is 23.2. The maximum atomic E-state index is 10.1. The minimum atomic E-state index is -0.275. The van der Waals surface area contributed by atoms with Gasteiger partial charge in [0.1, 0.15) is 5.82 Å². The van der Waals surface area contributed by atoms with Gasteiger partial charge in [0.2, 0.25) is 5.95 Å². The van der Waals surface area contributed by atoms with Gasteiger partial charge in [0.15, 0.2) is 0 Å². The fourth-order valence-corrected chi connectivity index (χ4v) is 3.02. The van der Waals surface area contributed by atoms with Crippen LogP contribution in [-0.2, 0) is 0 Å². The number of hydrogen-bond acceptors (Lipinski definition) is 5. The molecule has 2 unspecified atom stereocenters. The van der Waals surface area contributed by atoms with Gasteiger partial charge in [-0.15, -0.1) is 0 Å². The Morgan fingerprint density at radius 2 is 2.21 bits per heavy atom. The Hall–Kier alpha value is -0.880. The van der Waals surface area contributed by atoms with Gasteiger partial charge in [-0.1, -0.05) is 12.8 Å². The summed E-state index contributed by atoms with van der Waals surface area (Å²) >= 11 is 3.49. The molecule has 0 aromatic carbocycles. The van der Waals surface area contributed by atoms with Gasteiger partial charge in [-0.05, 0) is 35.7 Å². The molecule has 1 aliphatic rings. The van der Waals surface area contributed by atoms with Crippen molar-refractivity contribution in [2.45, 2.75) is 44.8 Å². The van der Waals surface area contributed by atoms with Crippen molar-refractivity contribution in [3.63, 3.8) is 0 Å². The summed E-state index contributed by atoms with van der Waals surface area (Å²) in [4.78, 5) is 10.8. The third-order valence-corrected chi connectivity index (χ3v) is 4.15. The summed E-state index contributed by atoms with van der Waals surface area (Å²) < 4.78 is 0.856. The minimum Gasteiger partial charge on any atom is -0.391 e. The van der Waals surface area contributed by atoms with Crippen LogP contribution in [-0.4, -0.2) is 40.8 Å². The van der Waals surface area contributed by atoms with Crippen molar-refractivity contribution in [2.75, 3.05) is 23.8 Å². The van der Waals surface area contributed by atoms with Crippen LogP contribution in [0.2, 0.25) is 0 Å². The van der Waals surface area contributed by atoms with Crippen LogP contribution in [0.15, 0.2) is 10.7 Å². The number of hydrogen-bond donors (Lipinski definition) is 2. The van der Waals surface area contributed by atoms with E-state index in [4.69, 9.17) is 0 Å². The second-order valence-electron chi connectivity index (χ2n) is 4.93. The molecule has 1 saturated carbocycles. The predicted octanol–water partition coefficient (Wildman–Crippen LogP) is 2.41. The Bertz CT molecular complexity index is 429. The smallest absolute Gasteiger partial charge is 0.224 e. The van der Waals surface area contributed by atoms with Crippen molar-refractivity contribution in [1.29, 1.82) is 0 Å². The molecule has 0 aliphatic heterocycles. The van der Waals surface area contributed by atoms with Crippen LogP contribution in [0.5, 0.6) is 0 Å². The third-order valence-electron chi connectivity index (χ3n) is 3.59. The summed E-state index contributed by atoms with van der Waals surface area (Å²) in [6, 6.07) is 0.134. The van der Waals surface area contributed by atoms with Gasteiger partial charge in [-0.2, -0.15) is 4.98 Å². The molecule has 0 radical (unpaired) electrons. The van der Waals surface area contributed by atoms with E-state index in [1.54, 1.807) is 6.20 Å². The average molecular weight is 329 g/mol. The van der Waals surface area contributed by atoms with E-state index in [0.29, 0.717) is 5.95 Å². The second-order valence-corrected chi connectivity index (χ2v) is 5.78. The van der Waals surface area contributed by atoms with E-state index in [9.17, 15) is 5.11 Å². The standard InChI is InChI=1S/C13H21BrN4O/c1-3-15-13-16-8-9(14)12(17-13)18(2)10-6-4-5-7-11(10)19/h8,10-11,19H,3-7H2,1-2H3,(H,15,16,17). The second kappa shape index (κ2) is 6.52. The molecular weight excluding hydrogens is 308 g/mol. The number of likely N-dealkylation sites (N-methyl/N-ethyl adjacent to an activating group) is 1. The molecule has 1 aromatic rings. The fourth-order valence-electron chi connectivity index (χ4n) is 2.55. The molecule has 1 aliphatic carbocycles. The first-order valence-electron chi connectivity index (χ1n) is 6.80. The zero-order valence-electron chi connectivity index (χ0n) is 11.4. The minimum absolute atomic E-state index is 0.134. The zero-order valence-corrected chi connectivity index (χ0v) is 13.0. The topological polar surface area (TPSA) is 61.3 Å². The molecule has 6 heteroatoms. The van der Waals surface area contributed by atoms with Crippen molar-refractivity contribution < 1.29 is 5.11 Å². The van der Waals surface area contributed by atoms with Crippen molar-refractivity contribution in [2.24, 2.45) is 0 Å². The fraction of sp³-hybridized carbons (Fsp3) is 0.692. The molecule has 2 rings (SSSR count). The van der Waals surface area contributed by atoms with Crippen LogP contribution in [0.4, 0.5) is 11.8 Å². The molecular formula is C13H21BrN4O. The van der Waals surface area contributed by atoms with Crippen LogP contribution in [0.3, 0.4) is 0 Å². The van der Waals surface area contributed by atoms with Gasteiger partial charge in [-0.25, -0.2) is 4.98 Å². The summed E-state index contributed by atoms with van der Waals surface area (Å²) in [7, 11) is 1.99. The molecule has 1 fully saturated rings. The zero-order chi connectivity index (χ0) is 13.8. The molecule has 5 nitrogen and oxygen atoms in total. The van der Waals surface area contributed by atoms with Gasteiger partial charge in [-0.3, -0.25) is 0 Å². The van der Waals surface area contributed by atoms with Crippen LogP contribution >= 0.6 is 15.9 Å². The van der Waals surface area contributed by atoms with Crippen LogP contribution in [0, 0.1) is 0 Å². The molecule has 1 heterocycles. The number of nitrogens with zero attached hydrogens (tertiary/aromatic N) is 3. The Morgan fingerprint density at radius 3 is 2.89 bits per heavy atom. The number of aromatic nitrogens is 2. The van der Waals surface area contributed by atoms with E-state index in [1.807, 2.05) is 14.0 Å². The van der Waals surface area contributed by atoms with E-state index in [-0.39, 0.29) is 12.1 Å². The lowest BCUT2D eigenvalue weighted by molar-refractivity contribution is 0.106.